The maximum absolute atomic E-state index is 12.4. The molecule has 1 amide bonds. The smallest absolute Gasteiger partial charge is 0.321 e. The predicted molar refractivity (Wildman–Crippen MR) is 120 cm³/mol. The number of benzene rings is 2. The van der Waals surface area contributed by atoms with Gasteiger partial charge >= 0.3 is 5.97 Å². The lowest BCUT2D eigenvalue weighted by molar-refractivity contribution is -0.143. The maximum Gasteiger partial charge on any atom is 0.321 e. The van der Waals surface area contributed by atoms with Crippen molar-refractivity contribution >= 4 is 27.6 Å². The van der Waals surface area contributed by atoms with Crippen LogP contribution in [0, 0.1) is 13.8 Å². The first-order chi connectivity index (χ1) is 14.3. The number of nitrogens with one attached hydrogen (secondary N) is 2. The third-order valence-corrected chi connectivity index (χ3v) is 6.25. The number of amides is 1. The molecule has 2 N–H and O–H groups in total. The van der Waals surface area contributed by atoms with Crippen LogP contribution in [-0.4, -0.2) is 26.8 Å². The van der Waals surface area contributed by atoms with Crippen molar-refractivity contribution in [1.82, 2.24) is 4.72 Å². The molecule has 0 bridgehead atoms. The third kappa shape index (κ3) is 6.90. The van der Waals surface area contributed by atoms with Crippen LogP contribution in [0.25, 0.3) is 0 Å². The van der Waals surface area contributed by atoms with Gasteiger partial charge in [-0.25, -0.2) is 8.42 Å². The van der Waals surface area contributed by atoms with E-state index in [1.807, 2.05) is 13.8 Å². The highest BCUT2D eigenvalue weighted by molar-refractivity contribution is 7.89. The predicted octanol–water partition coefficient (Wildman–Crippen LogP) is 3.58. The summed E-state index contributed by atoms with van der Waals surface area (Å²) in [4.78, 5) is 23.2. The molecule has 0 aliphatic carbocycles. The Morgan fingerprint density at radius 1 is 1.00 bits per heavy atom. The molecule has 0 saturated carbocycles. The SMILES string of the molecule is CC(=O)Nc1ccc(S(=O)(=O)NCC(=O)OCc2c(C)cc(C(C)(C)C)cc2C)cc1. The molecule has 0 aliphatic rings. The maximum atomic E-state index is 12.4. The van der Waals surface area contributed by atoms with Crippen LogP contribution in [0.1, 0.15) is 49.9 Å². The number of rotatable bonds is 7. The quantitative estimate of drug-likeness (QED) is 0.633. The molecule has 0 saturated heterocycles. The number of sulfonamides is 1. The molecule has 0 radical (unpaired) electrons. The van der Waals surface area contributed by atoms with Crippen molar-refractivity contribution in [1.29, 1.82) is 0 Å². The average Bonchev–Trinajstić information content (AvgIpc) is 2.65. The number of carbonyl (C=O) groups excluding carboxylic acids is 2. The minimum absolute atomic E-state index is 0.0149. The Balaban J connectivity index is 1.97. The van der Waals surface area contributed by atoms with Crippen LogP contribution in [0.5, 0.6) is 0 Å². The summed E-state index contributed by atoms with van der Waals surface area (Å²) in [5.41, 5.74) is 4.67. The van der Waals surface area contributed by atoms with Crippen molar-refractivity contribution in [2.75, 3.05) is 11.9 Å². The molecule has 2 aromatic carbocycles. The fourth-order valence-corrected chi connectivity index (χ4v) is 3.98. The molecule has 0 spiro atoms. The van der Waals surface area contributed by atoms with E-state index in [9.17, 15) is 18.0 Å². The van der Waals surface area contributed by atoms with Gasteiger partial charge in [-0.15, -0.1) is 0 Å². The molecule has 2 rings (SSSR count). The highest BCUT2D eigenvalue weighted by Gasteiger charge is 2.18. The van der Waals surface area contributed by atoms with E-state index in [0.29, 0.717) is 5.69 Å². The molecule has 7 nitrogen and oxygen atoms in total. The summed E-state index contributed by atoms with van der Waals surface area (Å²) in [6.45, 7) is 11.3. The number of anilines is 1. The molecule has 8 heteroatoms. The number of aryl methyl sites for hydroxylation is 2. The normalized spacial score (nSPS) is 11.8. The van der Waals surface area contributed by atoms with Gasteiger partial charge in [-0.3, -0.25) is 9.59 Å². The van der Waals surface area contributed by atoms with E-state index in [4.69, 9.17) is 4.74 Å². The molecule has 2 aromatic rings. The van der Waals surface area contributed by atoms with E-state index in [1.54, 1.807) is 0 Å². The van der Waals surface area contributed by atoms with Crippen molar-refractivity contribution in [2.24, 2.45) is 0 Å². The molecule has 0 heterocycles. The van der Waals surface area contributed by atoms with Crippen molar-refractivity contribution in [3.8, 4) is 0 Å². The van der Waals surface area contributed by atoms with Crippen molar-refractivity contribution in [3.63, 3.8) is 0 Å². The Hall–Kier alpha value is -2.71. The largest absolute Gasteiger partial charge is 0.460 e. The van der Waals surface area contributed by atoms with Crippen molar-refractivity contribution < 1.29 is 22.7 Å². The van der Waals surface area contributed by atoms with E-state index >= 15 is 0 Å². The summed E-state index contributed by atoms with van der Waals surface area (Å²) in [7, 11) is -3.89. The van der Waals surface area contributed by atoms with Crippen LogP contribution in [0.2, 0.25) is 0 Å². The summed E-state index contributed by atoms with van der Waals surface area (Å²) in [6.07, 6.45) is 0. The Labute approximate surface area is 184 Å². The zero-order chi connectivity index (χ0) is 23.4. The highest BCUT2D eigenvalue weighted by Crippen LogP contribution is 2.27. The second kappa shape index (κ2) is 9.62. The topological polar surface area (TPSA) is 102 Å². The van der Waals surface area contributed by atoms with Crippen LogP contribution in [-0.2, 0) is 36.4 Å². The number of esters is 1. The summed E-state index contributed by atoms with van der Waals surface area (Å²) in [5, 5.41) is 2.56. The van der Waals surface area contributed by atoms with Gasteiger partial charge in [0.2, 0.25) is 15.9 Å². The van der Waals surface area contributed by atoms with E-state index in [-0.39, 0.29) is 22.8 Å². The molecule has 31 heavy (non-hydrogen) atoms. The molecule has 0 atom stereocenters. The Morgan fingerprint density at radius 3 is 2.03 bits per heavy atom. The van der Waals surface area contributed by atoms with Gasteiger partial charge in [-0.2, -0.15) is 4.72 Å². The van der Waals surface area contributed by atoms with Crippen LogP contribution in [0.15, 0.2) is 41.3 Å². The van der Waals surface area contributed by atoms with Crippen LogP contribution in [0.3, 0.4) is 0 Å². The first-order valence-corrected chi connectivity index (χ1v) is 11.4. The summed E-state index contributed by atoms with van der Waals surface area (Å²) >= 11 is 0. The fraction of sp³-hybridized carbons (Fsp3) is 0.391. The van der Waals surface area contributed by atoms with Gasteiger partial charge in [-0.05, 0) is 65.8 Å². The fourth-order valence-electron chi connectivity index (χ4n) is 3.02. The number of hydrogen-bond donors (Lipinski definition) is 2. The van der Waals surface area contributed by atoms with E-state index < -0.39 is 22.5 Å². The van der Waals surface area contributed by atoms with Gasteiger partial charge in [0.05, 0.1) is 4.90 Å². The van der Waals surface area contributed by atoms with Gasteiger partial charge in [0.25, 0.3) is 0 Å². The Morgan fingerprint density at radius 2 is 1.55 bits per heavy atom. The van der Waals surface area contributed by atoms with Gasteiger partial charge in [-0.1, -0.05) is 32.9 Å². The van der Waals surface area contributed by atoms with E-state index in [1.165, 1.54) is 36.8 Å². The third-order valence-electron chi connectivity index (χ3n) is 4.83. The summed E-state index contributed by atoms with van der Waals surface area (Å²) in [6, 6.07) is 9.82. The second-order valence-electron chi connectivity index (χ2n) is 8.53. The first-order valence-electron chi connectivity index (χ1n) is 9.93. The molecular formula is C23H30N2O5S. The van der Waals surface area contributed by atoms with Gasteiger partial charge in [0.1, 0.15) is 13.2 Å². The summed E-state index contributed by atoms with van der Waals surface area (Å²) < 4.78 is 32.3. The second-order valence-corrected chi connectivity index (χ2v) is 10.3. The lowest BCUT2D eigenvalue weighted by Gasteiger charge is -2.22. The monoisotopic (exact) mass is 446 g/mol. The molecule has 0 aromatic heterocycles. The average molecular weight is 447 g/mol. The van der Waals surface area contributed by atoms with Gasteiger partial charge in [0.15, 0.2) is 0 Å². The minimum Gasteiger partial charge on any atom is -0.460 e. The zero-order valence-electron chi connectivity index (χ0n) is 18.8. The molecule has 0 fully saturated rings. The molecule has 168 valence electrons. The lowest BCUT2D eigenvalue weighted by Crippen LogP contribution is -2.30. The van der Waals surface area contributed by atoms with E-state index in [2.05, 4.69) is 42.9 Å². The van der Waals surface area contributed by atoms with Crippen molar-refractivity contribution in [3.05, 3.63) is 58.7 Å². The lowest BCUT2D eigenvalue weighted by atomic mass is 9.84. The first kappa shape index (κ1) is 24.6. The summed E-state index contributed by atoms with van der Waals surface area (Å²) in [5.74, 6) is -0.924. The zero-order valence-corrected chi connectivity index (χ0v) is 19.6. The number of ether oxygens (including phenoxy) is 1. The van der Waals surface area contributed by atoms with Crippen LogP contribution >= 0.6 is 0 Å². The molecular weight excluding hydrogens is 416 g/mol. The minimum atomic E-state index is -3.89. The van der Waals surface area contributed by atoms with E-state index in [0.717, 1.165) is 16.7 Å². The molecule has 0 unspecified atom stereocenters. The number of carbonyl (C=O) groups is 2. The Kier molecular flexibility index (Phi) is 7.62. The standard InChI is InChI=1S/C23H30N2O5S/c1-15-11-18(23(4,5)6)12-16(2)21(15)14-30-22(27)13-24-31(28,29)20-9-7-19(8-10-20)25-17(3)26/h7-12,24H,13-14H2,1-6H3,(H,25,26). The molecule has 0 aliphatic heterocycles. The number of hydrogen-bond acceptors (Lipinski definition) is 5. The van der Waals surface area contributed by atoms with Gasteiger partial charge < -0.3 is 10.1 Å². The van der Waals surface area contributed by atoms with Gasteiger partial charge in [0, 0.05) is 12.6 Å². The Bertz CT molecular complexity index is 1050. The van der Waals surface area contributed by atoms with Crippen LogP contribution in [0.4, 0.5) is 5.69 Å². The van der Waals surface area contributed by atoms with Crippen molar-refractivity contribution in [2.45, 2.75) is 58.5 Å². The highest BCUT2D eigenvalue weighted by atomic mass is 32.2. The van der Waals surface area contributed by atoms with Crippen LogP contribution < -0.4 is 10.0 Å².